The average Bonchev–Trinajstić information content (AvgIpc) is 2.40. The number of nitrogens with one attached hydrogen (secondary N) is 1. The molecule has 2 rings (SSSR count). The Bertz CT molecular complexity index is 355. The molecule has 1 aromatic carbocycles. The van der Waals surface area contributed by atoms with Crippen LogP contribution >= 0.6 is 11.8 Å². The van der Waals surface area contributed by atoms with Crippen LogP contribution in [0.3, 0.4) is 0 Å². The number of thioether (sulfide) groups is 1. The number of benzene rings is 1. The third kappa shape index (κ3) is 3.22. The quantitative estimate of drug-likeness (QED) is 0.816. The summed E-state index contributed by atoms with van der Waals surface area (Å²) in [7, 11) is 3.33. The summed E-state index contributed by atoms with van der Waals surface area (Å²) < 4.78 is 10.4. The van der Waals surface area contributed by atoms with Crippen LogP contribution in [0.5, 0.6) is 0 Å². The van der Waals surface area contributed by atoms with E-state index in [0.717, 1.165) is 13.0 Å². The zero-order chi connectivity index (χ0) is 12.1. The second-order valence-corrected chi connectivity index (χ2v) is 5.17. The normalized spacial score (nSPS) is 19.4. The summed E-state index contributed by atoms with van der Waals surface area (Å²) in [6, 6.07) is 9.01. The fourth-order valence-corrected chi connectivity index (χ4v) is 3.18. The Balaban J connectivity index is 1.99. The number of rotatable bonds is 5. The zero-order valence-electron chi connectivity index (χ0n) is 10.3. The molecule has 1 aromatic rings. The van der Waals surface area contributed by atoms with Gasteiger partial charge in [-0.25, -0.2) is 0 Å². The van der Waals surface area contributed by atoms with Crippen LogP contribution in [0, 0.1) is 0 Å². The minimum atomic E-state index is -0.170. The maximum absolute atomic E-state index is 5.19. The number of fused-ring (bicyclic) bond motifs is 1. The SMILES string of the molecule is COC(CNC1CCSc2ccccc21)OC. The number of methoxy groups -OCH3 is 2. The lowest BCUT2D eigenvalue weighted by Gasteiger charge is -2.27. The van der Waals surface area contributed by atoms with E-state index < -0.39 is 0 Å². The molecule has 1 aliphatic heterocycles. The van der Waals surface area contributed by atoms with Gasteiger partial charge >= 0.3 is 0 Å². The van der Waals surface area contributed by atoms with Gasteiger partial charge in [-0.15, -0.1) is 11.8 Å². The highest BCUT2D eigenvalue weighted by molar-refractivity contribution is 7.99. The van der Waals surface area contributed by atoms with E-state index >= 15 is 0 Å². The van der Waals surface area contributed by atoms with Gasteiger partial charge in [0.1, 0.15) is 0 Å². The smallest absolute Gasteiger partial charge is 0.169 e. The molecule has 3 nitrogen and oxygen atoms in total. The van der Waals surface area contributed by atoms with Gasteiger partial charge in [-0.1, -0.05) is 18.2 Å². The van der Waals surface area contributed by atoms with Crippen LogP contribution < -0.4 is 5.32 Å². The van der Waals surface area contributed by atoms with Crippen molar-refractivity contribution in [3.05, 3.63) is 29.8 Å². The molecule has 0 aromatic heterocycles. The van der Waals surface area contributed by atoms with Crippen molar-refractivity contribution in [3.8, 4) is 0 Å². The molecule has 0 fully saturated rings. The molecule has 4 heteroatoms. The molecule has 17 heavy (non-hydrogen) atoms. The first-order valence-electron chi connectivity index (χ1n) is 5.86. The molecule has 1 atom stereocenters. The van der Waals surface area contributed by atoms with Crippen molar-refractivity contribution in [1.29, 1.82) is 0 Å². The van der Waals surface area contributed by atoms with E-state index in [9.17, 15) is 0 Å². The average molecular weight is 253 g/mol. The van der Waals surface area contributed by atoms with E-state index in [1.54, 1.807) is 14.2 Å². The summed E-state index contributed by atoms with van der Waals surface area (Å²) in [6.45, 7) is 0.719. The number of hydrogen-bond donors (Lipinski definition) is 1. The minimum Gasteiger partial charge on any atom is -0.355 e. The Morgan fingerprint density at radius 1 is 1.35 bits per heavy atom. The molecular weight excluding hydrogens is 234 g/mol. The molecular formula is C13H19NO2S. The van der Waals surface area contributed by atoms with E-state index in [0.29, 0.717) is 6.04 Å². The van der Waals surface area contributed by atoms with Crippen molar-refractivity contribution >= 4 is 11.8 Å². The minimum absolute atomic E-state index is 0.170. The van der Waals surface area contributed by atoms with Gasteiger partial charge in [0.25, 0.3) is 0 Å². The van der Waals surface area contributed by atoms with Crippen LogP contribution in [0.2, 0.25) is 0 Å². The van der Waals surface area contributed by atoms with Crippen LogP contribution in [0.25, 0.3) is 0 Å². The van der Waals surface area contributed by atoms with Crippen molar-refractivity contribution < 1.29 is 9.47 Å². The molecule has 1 aliphatic rings. The Morgan fingerprint density at radius 2 is 2.12 bits per heavy atom. The van der Waals surface area contributed by atoms with Crippen molar-refractivity contribution in [3.63, 3.8) is 0 Å². The largest absolute Gasteiger partial charge is 0.355 e. The van der Waals surface area contributed by atoms with Crippen LogP contribution in [0.15, 0.2) is 29.2 Å². The fraction of sp³-hybridized carbons (Fsp3) is 0.538. The highest BCUT2D eigenvalue weighted by atomic mass is 32.2. The zero-order valence-corrected chi connectivity index (χ0v) is 11.1. The van der Waals surface area contributed by atoms with Gasteiger partial charge in [-0.05, 0) is 23.8 Å². The second-order valence-electron chi connectivity index (χ2n) is 4.04. The molecule has 1 heterocycles. The summed E-state index contributed by atoms with van der Waals surface area (Å²) in [6.07, 6.45) is 0.985. The Labute approximate surface area is 107 Å². The summed E-state index contributed by atoms with van der Waals surface area (Å²) >= 11 is 1.94. The summed E-state index contributed by atoms with van der Waals surface area (Å²) in [5.41, 5.74) is 1.40. The maximum Gasteiger partial charge on any atom is 0.169 e. The van der Waals surface area contributed by atoms with Gasteiger partial charge in [0.2, 0.25) is 0 Å². The molecule has 0 saturated carbocycles. The lowest BCUT2D eigenvalue weighted by molar-refractivity contribution is -0.1000. The highest BCUT2D eigenvalue weighted by Gasteiger charge is 2.20. The molecule has 1 N–H and O–H groups in total. The molecule has 1 unspecified atom stereocenters. The monoisotopic (exact) mass is 253 g/mol. The standard InChI is InChI=1S/C13H19NO2S/c1-15-13(16-2)9-14-11-7-8-17-12-6-4-3-5-10(11)12/h3-6,11,13-14H,7-9H2,1-2H3. The third-order valence-electron chi connectivity index (χ3n) is 3.02. The van der Waals surface area contributed by atoms with Crippen LogP contribution in [-0.4, -0.2) is 32.8 Å². The lowest BCUT2D eigenvalue weighted by atomic mass is 10.0. The van der Waals surface area contributed by atoms with Crippen LogP contribution in [-0.2, 0) is 9.47 Å². The van der Waals surface area contributed by atoms with Gasteiger partial charge in [-0.2, -0.15) is 0 Å². The predicted octanol–water partition coefficient (Wildman–Crippen LogP) is 2.43. The van der Waals surface area contributed by atoms with E-state index in [1.165, 1.54) is 16.2 Å². The highest BCUT2D eigenvalue weighted by Crippen LogP contribution is 2.35. The summed E-state index contributed by atoms with van der Waals surface area (Å²) in [4.78, 5) is 1.39. The summed E-state index contributed by atoms with van der Waals surface area (Å²) in [5, 5.41) is 3.52. The Hall–Kier alpha value is -0.550. The van der Waals surface area contributed by atoms with Gasteiger partial charge in [0, 0.05) is 31.7 Å². The molecule has 0 radical (unpaired) electrons. The molecule has 0 aliphatic carbocycles. The van der Waals surface area contributed by atoms with Crippen LogP contribution in [0.4, 0.5) is 0 Å². The molecule has 0 amide bonds. The van der Waals surface area contributed by atoms with Crippen LogP contribution in [0.1, 0.15) is 18.0 Å². The topological polar surface area (TPSA) is 30.5 Å². The first kappa shape index (κ1) is 12.9. The van der Waals surface area contributed by atoms with Gasteiger partial charge in [0.15, 0.2) is 6.29 Å². The number of ether oxygens (including phenoxy) is 2. The van der Waals surface area contributed by atoms with E-state index in [-0.39, 0.29) is 6.29 Å². The number of hydrogen-bond acceptors (Lipinski definition) is 4. The van der Waals surface area contributed by atoms with Gasteiger partial charge in [0.05, 0.1) is 0 Å². The molecule has 0 saturated heterocycles. The molecule has 0 bridgehead atoms. The first-order valence-corrected chi connectivity index (χ1v) is 6.84. The van der Waals surface area contributed by atoms with E-state index in [2.05, 4.69) is 29.6 Å². The van der Waals surface area contributed by atoms with Gasteiger partial charge < -0.3 is 14.8 Å². The maximum atomic E-state index is 5.19. The van der Waals surface area contributed by atoms with Crippen molar-refractivity contribution in [2.45, 2.75) is 23.6 Å². The fourth-order valence-electron chi connectivity index (χ4n) is 2.06. The van der Waals surface area contributed by atoms with Gasteiger partial charge in [-0.3, -0.25) is 0 Å². The van der Waals surface area contributed by atoms with E-state index in [4.69, 9.17) is 9.47 Å². The predicted molar refractivity (Wildman–Crippen MR) is 70.3 cm³/mol. The summed E-state index contributed by atoms with van der Waals surface area (Å²) in [5.74, 6) is 1.17. The van der Waals surface area contributed by atoms with E-state index in [1.807, 2.05) is 11.8 Å². The second kappa shape index (κ2) is 6.40. The van der Waals surface area contributed by atoms with Crippen molar-refractivity contribution in [2.24, 2.45) is 0 Å². The lowest BCUT2D eigenvalue weighted by Crippen LogP contribution is -2.33. The molecule has 0 spiro atoms. The Morgan fingerprint density at radius 3 is 2.88 bits per heavy atom. The van der Waals surface area contributed by atoms with Crippen molar-refractivity contribution in [2.75, 3.05) is 26.5 Å². The third-order valence-corrected chi connectivity index (χ3v) is 4.14. The first-order chi connectivity index (χ1) is 8.35. The Kier molecular flexibility index (Phi) is 4.86. The molecule has 94 valence electrons. The van der Waals surface area contributed by atoms with Crippen molar-refractivity contribution in [1.82, 2.24) is 5.32 Å².